The monoisotopic (exact) mass is 338 g/mol. The van der Waals surface area contributed by atoms with Crippen LogP contribution in [0.3, 0.4) is 0 Å². The smallest absolute Gasteiger partial charge is 0.407 e. The third kappa shape index (κ3) is 4.10. The van der Waals surface area contributed by atoms with Gasteiger partial charge in [-0.1, -0.05) is 31.0 Å². The quantitative estimate of drug-likeness (QED) is 0.621. The summed E-state index contributed by atoms with van der Waals surface area (Å²) in [6.45, 7) is 5.98. The summed E-state index contributed by atoms with van der Waals surface area (Å²) in [6.07, 6.45) is 1.23. The van der Waals surface area contributed by atoms with E-state index >= 15 is 0 Å². The maximum Gasteiger partial charge on any atom is 0.407 e. The highest BCUT2D eigenvalue weighted by Gasteiger charge is 2.17. The standard InChI is InChI=1S/C17H20ClFN2O2/c1-4-5-8-23-17(22)20-11(3)12-9-13-14(19)7-6-10(2)15(13)21-16(12)18/h6-7,9,11H,4-5,8H2,1-3H3,(H,20,22). The summed E-state index contributed by atoms with van der Waals surface area (Å²) in [4.78, 5) is 16.0. The maximum absolute atomic E-state index is 14.0. The molecule has 0 saturated carbocycles. The molecule has 0 aliphatic heterocycles. The molecule has 23 heavy (non-hydrogen) atoms. The minimum absolute atomic E-state index is 0.243. The summed E-state index contributed by atoms with van der Waals surface area (Å²) in [6, 6.07) is 4.25. The van der Waals surface area contributed by atoms with Gasteiger partial charge in [-0.2, -0.15) is 0 Å². The fourth-order valence-electron chi connectivity index (χ4n) is 2.26. The first kappa shape index (κ1) is 17.5. The van der Waals surface area contributed by atoms with Crippen molar-refractivity contribution in [1.29, 1.82) is 0 Å². The van der Waals surface area contributed by atoms with Gasteiger partial charge in [-0.05, 0) is 38.0 Å². The van der Waals surface area contributed by atoms with E-state index in [2.05, 4.69) is 10.3 Å². The topological polar surface area (TPSA) is 51.2 Å². The molecule has 0 radical (unpaired) electrons. The van der Waals surface area contributed by atoms with Crippen molar-refractivity contribution in [3.8, 4) is 0 Å². The number of ether oxygens (including phenoxy) is 1. The molecule has 0 saturated heterocycles. The van der Waals surface area contributed by atoms with E-state index in [1.165, 1.54) is 6.07 Å². The highest BCUT2D eigenvalue weighted by molar-refractivity contribution is 6.30. The average molecular weight is 339 g/mol. The molecule has 1 atom stereocenters. The first-order valence-corrected chi connectivity index (χ1v) is 8.00. The molecule has 2 aromatic rings. The Morgan fingerprint density at radius 2 is 2.22 bits per heavy atom. The van der Waals surface area contributed by atoms with Crippen LogP contribution in [-0.2, 0) is 4.74 Å². The predicted molar refractivity (Wildman–Crippen MR) is 89.3 cm³/mol. The molecule has 4 nitrogen and oxygen atoms in total. The lowest BCUT2D eigenvalue weighted by Crippen LogP contribution is -2.28. The first-order valence-electron chi connectivity index (χ1n) is 7.62. The summed E-state index contributed by atoms with van der Waals surface area (Å²) in [5, 5.41) is 3.32. The van der Waals surface area contributed by atoms with E-state index in [1.807, 2.05) is 13.8 Å². The normalized spacial score (nSPS) is 12.2. The number of rotatable bonds is 5. The summed E-state index contributed by atoms with van der Waals surface area (Å²) < 4.78 is 19.1. The lowest BCUT2D eigenvalue weighted by molar-refractivity contribution is 0.141. The summed E-state index contributed by atoms with van der Waals surface area (Å²) in [5.74, 6) is -0.367. The highest BCUT2D eigenvalue weighted by Crippen LogP contribution is 2.28. The Labute approximate surface area is 140 Å². The van der Waals surface area contributed by atoms with Crippen LogP contribution in [-0.4, -0.2) is 17.7 Å². The number of fused-ring (bicyclic) bond motifs is 1. The second-order valence-corrected chi connectivity index (χ2v) is 5.84. The Morgan fingerprint density at radius 1 is 1.48 bits per heavy atom. The van der Waals surface area contributed by atoms with Crippen molar-refractivity contribution in [2.24, 2.45) is 0 Å². The number of amides is 1. The molecule has 1 amide bonds. The Hall–Kier alpha value is -1.88. The zero-order valence-electron chi connectivity index (χ0n) is 13.5. The van der Waals surface area contributed by atoms with Crippen molar-refractivity contribution in [2.75, 3.05) is 6.61 Å². The van der Waals surface area contributed by atoms with Crippen LogP contribution >= 0.6 is 11.6 Å². The van der Waals surface area contributed by atoms with Crippen molar-refractivity contribution in [3.63, 3.8) is 0 Å². The van der Waals surface area contributed by atoms with Gasteiger partial charge in [0.15, 0.2) is 0 Å². The zero-order chi connectivity index (χ0) is 17.0. The van der Waals surface area contributed by atoms with Crippen LogP contribution in [0, 0.1) is 12.7 Å². The molecular weight excluding hydrogens is 319 g/mol. The molecule has 1 N–H and O–H groups in total. The van der Waals surface area contributed by atoms with E-state index in [1.54, 1.807) is 19.1 Å². The Bertz CT molecular complexity index is 721. The van der Waals surface area contributed by atoms with Gasteiger partial charge in [-0.25, -0.2) is 14.2 Å². The van der Waals surface area contributed by atoms with Crippen LogP contribution in [0.25, 0.3) is 10.9 Å². The van der Waals surface area contributed by atoms with E-state index in [0.717, 1.165) is 18.4 Å². The number of benzene rings is 1. The van der Waals surface area contributed by atoms with Gasteiger partial charge < -0.3 is 10.1 Å². The van der Waals surface area contributed by atoms with Crippen LogP contribution < -0.4 is 5.32 Å². The molecule has 1 heterocycles. The Balaban J connectivity index is 2.23. The van der Waals surface area contributed by atoms with Gasteiger partial charge in [0.2, 0.25) is 0 Å². The number of unbranched alkanes of at least 4 members (excludes halogenated alkanes) is 1. The molecule has 124 valence electrons. The first-order chi connectivity index (χ1) is 10.9. The molecule has 1 aromatic heterocycles. The van der Waals surface area contributed by atoms with Crippen LogP contribution in [0.4, 0.5) is 9.18 Å². The fourth-order valence-corrected chi connectivity index (χ4v) is 2.57. The fraction of sp³-hybridized carbons (Fsp3) is 0.412. The van der Waals surface area contributed by atoms with Crippen molar-refractivity contribution in [2.45, 2.75) is 39.7 Å². The van der Waals surface area contributed by atoms with Gasteiger partial charge in [0, 0.05) is 10.9 Å². The molecule has 0 aliphatic carbocycles. The van der Waals surface area contributed by atoms with E-state index in [9.17, 15) is 9.18 Å². The lowest BCUT2D eigenvalue weighted by Gasteiger charge is -2.16. The number of aromatic nitrogens is 1. The van der Waals surface area contributed by atoms with Crippen molar-refractivity contribution in [3.05, 3.63) is 40.3 Å². The number of alkyl carbamates (subject to hydrolysis) is 1. The number of pyridine rings is 1. The third-order valence-electron chi connectivity index (χ3n) is 3.65. The van der Waals surface area contributed by atoms with Gasteiger partial charge in [0.1, 0.15) is 11.0 Å². The predicted octanol–water partition coefficient (Wildman–Crippen LogP) is 4.92. The number of hydrogen-bond donors (Lipinski definition) is 1. The second kappa shape index (κ2) is 7.59. The van der Waals surface area contributed by atoms with Crippen LogP contribution in [0.5, 0.6) is 0 Å². The molecule has 0 spiro atoms. The number of halogens is 2. The van der Waals surface area contributed by atoms with E-state index in [0.29, 0.717) is 23.1 Å². The van der Waals surface area contributed by atoms with Gasteiger partial charge in [-0.3, -0.25) is 0 Å². The molecule has 2 rings (SSSR count). The molecule has 6 heteroatoms. The zero-order valence-corrected chi connectivity index (χ0v) is 14.2. The van der Waals surface area contributed by atoms with E-state index in [-0.39, 0.29) is 11.0 Å². The number of nitrogens with zero attached hydrogens (tertiary/aromatic N) is 1. The van der Waals surface area contributed by atoms with Gasteiger partial charge in [-0.15, -0.1) is 0 Å². The molecular formula is C17H20ClFN2O2. The van der Waals surface area contributed by atoms with E-state index in [4.69, 9.17) is 16.3 Å². The number of hydrogen-bond acceptors (Lipinski definition) is 3. The SMILES string of the molecule is CCCCOC(=O)NC(C)c1cc2c(F)ccc(C)c2nc1Cl. The second-order valence-electron chi connectivity index (χ2n) is 5.48. The Morgan fingerprint density at radius 3 is 2.91 bits per heavy atom. The number of aryl methyl sites for hydroxylation is 1. The average Bonchev–Trinajstić information content (AvgIpc) is 2.51. The van der Waals surface area contributed by atoms with Crippen molar-refractivity contribution >= 4 is 28.6 Å². The van der Waals surface area contributed by atoms with Crippen LogP contribution in [0.15, 0.2) is 18.2 Å². The molecule has 0 fully saturated rings. The molecule has 0 bridgehead atoms. The maximum atomic E-state index is 14.0. The number of carbonyl (C=O) groups excluding carboxylic acids is 1. The Kier molecular flexibility index (Phi) is 5.77. The van der Waals surface area contributed by atoms with Gasteiger partial charge in [0.25, 0.3) is 0 Å². The summed E-state index contributed by atoms with van der Waals surface area (Å²) in [5.41, 5.74) is 1.92. The van der Waals surface area contributed by atoms with Gasteiger partial charge in [0.05, 0.1) is 18.2 Å². The van der Waals surface area contributed by atoms with Crippen LogP contribution in [0.1, 0.15) is 43.9 Å². The lowest BCUT2D eigenvalue weighted by atomic mass is 10.1. The number of nitrogens with one attached hydrogen (secondary N) is 1. The van der Waals surface area contributed by atoms with E-state index < -0.39 is 12.1 Å². The molecule has 0 aliphatic rings. The molecule has 1 unspecified atom stereocenters. The van der Waals surface area contributed by atoms with Crippen LogP contribution in [0.2, 0.25) is 5.15 Å². The van der Waals surface area contributed by atoms with Crippen molar-refractivity contribution < 1.29 is 13.9 Å². The third-order valence-corrected chi connectivity index (χ3v) is 3.95. The minimum atomic E-state index is -0.521. The summed E-state index contributed by atoms with van der Waals surface area (Å²) in [7, 11) is 0. The van der Waals surface area contributed by atoms with Crippen molar-refractivity contribution in [1.82, 2.24) is 10.3 Å². The highest BCUT2D eigenvalue weighted by atomic mass is 35.5. The number of carbonyl (C=O) groups is 1. The largest absolute Gasteiger partial charge is 0.450 e. The molecule has 1 aromatic carbocycles. The minimum Gasteiger partial charge on any atom is -0.450 e. The summed E-state index contributed by atoms with van der Waals surface area (Å²) >= 11 is 6.21. The van der Waals surface area contributed by atoms with Gasteiger partial charge >= 0.3 is 6.09 Å².